The van der Waals surface area contributed by atoms with Gasteiger partial charge in [0.05, 0.1) is 11.2 Å². The number of hydrogen-bond acceptors (Lipinski definition) is 3. The molecule has 1 heterocycles. The average molecular weight is 289 g/mol. The van der Waals surface area contributed by atoms with Crippen LogP contribution in [0.3, 0.4) is 0 Å². The van der Waals surface area contributed by atoms with Crippen molar-refractivity contribution in [1.29, 1.82) is 0 Å². The lowest BCUT2D eigenvalue weighted by Crippen LogP contribution is -2.51. The molecule has 1 atom stereocenters. The molecule has 0 aromatic carbocycles. The molecular formula is C13H25ClN4O. The highest BCUT2D eigenvalue weighted by Crippen LogP contribution is 2.10. The maximum atomic E-state index is 12.0. The van der Waals surface area contributed by atoms with Crippen molar-refractivity contribution < 1.29 is 4.79 Å². The van der Waals surface area contributed by atoms with Gasteiger partial charge in [0.25, 0.3) is 0 Å². The topological polar surface area (TPSA) is 72.9 Å². The zero-order valence-corrected chi connectivity index (χ0v) is 13.0. The fraction of sp³-hybridized carbons (Fsp3) is 0.692. The van der Waals surface area contributed by atoms with E-state index >= 15 is 0 Å². The second-order valence-corrected chi connectivity index (χ2v) is 4.98. The predicted molar refractivity (Wildman–Crippen MR) is 79.2 cm³/mol. The summed E-state index contributed by atoms with van der Waals surface area (Å²) >= 11 is 0. The number of nitrogens with two attached hydrogens (primary N) is 1. The Labute approximate surface area is 121 Å². The van der Waals surface area contributed by atoms with Gasteiger partial charge in [-0.15, -0.1) is 12.4 Å². The second kappa shape index (κ2) is 7.50. The van der Waals surface area contributed by atoms with Gasteiger partial charge in [0, 0.05) is 25.4 Å². The van der Waals surface area contributed by atoms with Gasteiger partial charge in [-0.2, -0.15) is 5.10 Å². The summed E-state index contributed by atoms with van der Waals surface area (Å²) in [5.41, 5.74) is 7.27. The van der Waals surface area contributed by atoms with E-state index in [-0.39, 0.29) is 18.3 Å². The van der Waals surface area contributed by atoms with Crippen LogP contribution in [0.25, 0.3) is 0 Å². The molecule has 0 fully saturated rings. The number of rotatable bonds is 6. The van der Waals surface area contributed by atoms with Gasteiger partial charge in [-0.05, 0) is 19.8 Å². The molecule has 0 saturated heterocycles. The third-order valence-electron chi connectivity index (χ3n) is 3.05. The molecule has 1 rings (SSSR count). The van der Waals surface area contributed by atoms with Crippen LogP contribution in [-0.4, -0.2) is 21.2 Å². The summed E-state index contributed by atoms with van der Waals surface area (Å²) in [5.74, 6) is -0.102. The number of aromatic nitrogens is 2. The van der Waals surface area contributed by atoms with Crippen LogP contribution in [0.5, 0.6) is 0 Å². The third kappa shape index (κ3) is 4.84. The van der Waals surface area contributed by atoms with Crippen molar-refractivity contribution in [3.63, 3.8) is 0 Å². The van der Waals surface area contributed by atoms with Gasteiger partial charge in [0.2, 0.25) is 5.91 Å². The van der Waals surface area contributed by atoms with E-state index in [0.29, 0.717) is 13.0 Å². The molecule has 0 bridgehead atoms. The molecule has 6 heteroatoms. The summed E-state index contributed by atoms with van der Waals surface area (Å²) in [6.45, 7) is 6.34. The van der Waals surface area contributed by atoms with Crippen LogP contribution < -0.4 is 11.1 Å². The highest BCUT2D eigenvalue weighted by atomic mass is 35.5. The van der Waals surface area contributed by atoms with Gasteiger partial charge >= 0.3 is 0 Å². The van der Waals surface area contributed by atoms with Crippen molar-refractivity contribution in [2.24, 2.45) is 12.8 Å². The molecule has 0 radical (unpaired) electrons. The van der Waals surface area contributed by atoms with E-state index in [4.69, 9.17) is 5.73 Å². The van der Waals surface area contributed by atoms with E-state index in [1.54, 1.807) is 11.6 Å². The van der Waals surface area contributed by atoms with Gasteiger partial charge in [0.1, 0.15) is 0 Å². The van der Waals surface area contributed by atoms with E-state index < -0.39 is 5.54 Å². The third-order valence-corrected chi connectivity index (χ3v) is 3.05. The molecule has 0 aliphatic heterocycles. The zero-order valence-electron chi connectivity index (χ0n) is 12.2. The smallest absolute Gasteiger partial charge is 0.240 e. The monoisotopic (exact) mass is 288 g/mol. The summed E-state index contributed by atoms with van der Waals surface area (Å²) in [6, 6.07) is 0. The Morgan fingerprint density at radius 3 is 2.68 bits per heavy atom. The Bertz CT molecular complexity index is 415. The van der Waals surface area contributed by atoms with Gasteiger partial charge in [-0.3, -0.25) is 9.48 Å². The highest BCUT2D eigenvalue weighted by Gasteiger charge is 2.26. The van der Waals surface area contributed by atoms with Crippen molar-refractivity contribution in [1.82, 2.24) is 15.1 Å². The second-order valence-electron chi connectivity index (χ2n) is 4.98. The van der Waals surface area contributed by atoms with Crippen molar-refractivity contribution in [2.75, 3.05) is 0 Å². The van der Waals surface area contributed by atoms with Crippen LogP contribution in [0.1, 0.15) is 44.9 Å². The minimum atomic E-state index is -0.788. The number of halogens is 1. The Morgan fingerprint density at radius 2 is 2.16 bits per heavy atom. The number of carbonyl (C=O) groups is 1. The van der Waals surface area contributed by atoms with Crippen LogP contribution in [0.4, 0.5) is 0 Å². The van der Waals surface area contributed by atoms with Gasteiger partial charge in [-0.25, -0.2) is 0 Å². The summed E-state index contributed by atoms with van der Waals surface area (Å²) < 4.78 is 1.77. The molecular weight excluding hydrogens is 264 g/mol. The lowest BCUT2D eigenvalue weighted by molar-refractivity contribution is -0.126. The predicted octanol–water partition coefficient (Wildman–Crippen LogP) is 1.54. The minimum Gasteiger partial charge on any atom is -0.350 e. The van der Waals surface area contributed by atoms with Crippen molar-refractivity contribution >= 4 is 18.3 Å². The normalized spacial score (nSPS) is 13.5. The molecule has 0 saturated carbocycles. The fourth-order valence-electron chi connectivity index (χ4n) is 2.04. The first-order valence-corrected chi connectivity index (χ1v) is 6.49. The largest absolute Gasteiger partial charge is 0.350 e. The van der Waals surface area contributed by atoms with Crippen molar-refractivity contribution in [3.8, 4) is 0 Å². The number of carbonyl (C=O) groups excluding carboxylic acids is 1. The molecule has 1 amide bonds. The molecule has 1 aromatic rings. The van der Waals surface area contributed by atoms with E-state index in [1.807, 2.05) is 20.2 Å². The lowest BCUT2D eigenvalue weighted by atomic mass is 9.96. The zero-order chi connectivity index (χ0) is 13.8. The fourth-order valence-corrected chi connectivity index (χ4v) is 2.04. The number of nitrogens with one attached hydrogen (secondary N) is 1. The van der Waals surface area contributed by atoms with Crippen molar-refractivity contribution in [3.05, 3.63) is 17.5 Å². The number of aryl methyl sites for hydroxylation is 2. The SMILES string of the molecule is CCCC(C)(N)C(=O)NCc1cn(C)nc1CC.Cl. The van der Waals surface area contributed by atoms with Crippen LogP contribution in [0.15, 0.2) is 6.20 Å². The van der Waals surface area contributed by atoms with Gasteiger partial charge < -0.3 is 11.1 Å². The van der Waals surface area contributed by atoms with E-state index in [0.717, 1.165) is 24.1 Å². The summed E-state index contributed by atoms with van der Waals surface area (Å²) in [6.07, 6.45) is 4.38. The van der Waals surface area contributed by atoms with Crippen LogP contribution in [-0.2, 0) is 24.8 Å². The number of nitrogens with zero attached hydrogens (tertiary/aromatic N) is 2. The standard InChI is InChI=1S/C13H24N4O.ClH/c1-5-7-13(3,14)12(18)15-8-10-9-17(4)16-11(10)6-2;/h9H,5-8,14H2,1-4H3,(H,15,18);1H. The average Bonchev–Trinajstić information content (AvgIpc) is 2.66. The van der Waals surface area contributed by atoms with Gasteiger partial charge in [-0.1, -0.05) is 20.3 Å². The molecule has 110 valence electrons. The molecule has 19 heavy (non-hydrogen) atoms. The lowest BCUT2D eigenvalue weighted by Gasteiger charge is -2.22. The maximum Gasteiger partial charge on any atom is 0.240 e. The first-order valence-electron chi connectivity index (χ1n) is 6.49. The maximum absolute atomic E-state index is 12.0. The van der Waals surface area contributed by atoms with Crippen molar-refractivity contribution in [2.45, 2.75) is 52.1 Å². The number of amides is 1. The molecule has 1 aromatic heterocycles. The Balaban J connectivity index is 0.00000324. The van der Waals surface area contributed by atoms with Crippen LogP contribution >= 0.6 is 12.4 Å². The molecule has 1 unspecified atom stereocenters. The summed E-state index contributed by atoms with van der Waals surface area (Å²) in [7, 11) is 1.88. The van der Waals surface area contributed by atoms with E-state index in [2.05, 4.69) is 17.3 Å². The number of hydrogen-bond donors (Lipinski definition) is 2. The molecule has 3 N–H and O–H groups in total. The minimum absolute atomic E-state index is 0. The first kappa shape index (κ1) is 17.9. The summed E-state index contributed by atoms with van der Waals surface area (Å²) in [5, 5.41) is 7.23. The molecule has 0 spiro atoms. The highest BCUT2D eigenvalue weighted by molar-refractivity contribution is 5.85. The Morgan fingerprint density at radius 1 is 1.53 bits per heavy atom. The van der Waals surface area contributed by atoms with Crippen LogP contribution in [0.2, 0.25) is 0 Å². The first-order chi connectivity index (χ1) is 8.40. The quantitative estimate of drug-likeness (QED) is 0.834. The van der Waals surface area contributed by atoms with E-state index in [9.17, 15) is 4.79 Å². The Hall–Kier alpha value is -1.07. The molecule has 5 nitrogen and oxygen atoms in total. The molecule has 0 aliphatic carbocycles. The summed E-state index contributed by atoms with van der Waals surface area (Å²) in [4.78, 5) is 12.0. The van der Waals surface area contributed by atoms with E-state index in [1.165, 1.54) is 0 Å². The van der Waals surface area contributed by atoms with Gasteiger partial charge in [0.15, 0.2) is 0 Å². The van der Waals surface area contributed by atoms with Crippen LogP contribution in [0, 0.1) is 0 Å². The Kier molecular flexibility index (Phi) is 7.08. The molecule has 0 aliphatic rings.